The van der Waals surface area contributed by atoms with E-state index in [-0.39, 0.29) is 17.6 Å². The summed E-state index contributed by atoms with van der Waals surface area (Å²) < 4.78 is 56.7. The molecule has 0 aliphatic carbocycles. The number of carbonyl (C=O) groups is 1. The number of halogens is 4. The number of benzene rings is 2. The lowest BCUT2D eigenvalue weighted by Gasteiger charge is -2.30. The molecule has 9 heteroatoms. The normalized spacial score (nSPS) is 15.4. The van der Waals surface area contributed by atoms with Crippen molar-refractivity contribution in [3.05, 3.63) is 71.4 Å². The third kappa shape index (κ3) is 4.19. The Labute approximate surface area is 169 Å². The Bertz CT molecular complexity index is 1040. The average molecular weight is 419 g/mol. The summed E-state index contributed by atoms with van der Waals surface area (Å²) in [4.78, 5) is 18.5. The molecular weight excluding hydrogens is 402 g/mol. The molecule has 0 N–H and O–H groups in total. The summed E-state index contributed by atoms with van der Waals surface area (Å²) in [6.45, 7) is 0.913. The van der Waals surface area contributed by atoms with Gasteiger partial charge < -0.3 is 9.42 Å². The Balaban J connectivity index is 1.40. The van der Waals surface area contributed by atoms with Gasteiger partial charge in [-0.3, -0.25) is 4.79 Å². The zero-order valence-electron chi connectivity index (χ0n) is 15.7. The number of hydrogen-bond acceptors (Lipinski definition) is 4. The van der Waals surface area contributed by atoms with E-state index < -0.39 is 17.6 Å². The molecule has 3 aromatic rings. The van der Waals surface area contributed by atoms with Crippen LogP contribution in [0.2, 0.25) is 0 Å². The van der Waals surface area contributed by atoms with Crippen molar-refractivity contribution in [3.63, 3.8) is 0 Å². The van der Waals surface area contributed by atoms with E-state index in [4.69, 9.17) is 4.52 Å². The van der Waals surface area contributed by atoms with Gasteiger partial charge in [0.15, 0.2) is 0 Å². The fourth-order valence-corrected chi connectivity index (χ4v) is 3.46. The second kappa shape index (κ2) is 7.89. The van der Waals surface area contributed by atoms with Crippen LogP contribution < -0.4 is 0 Å². The van der Waals surface area contributed by atoms with E-state index >= 15 is 0 Å². The van der Waals surface area contributed by atoms with Gasteiger partial charge in [0.1, 0.15) is 5.82 Å². The van der Waals surface area contributed by atoms with Crippen molar-refractivity contribution in [3.8, 4) is 11.4 Å². The van der Waals surface area contributed by atoms with Crippen LogP contribution in [-0.2, 0) is 6.18 Å². The highest BCUT2D eigenvalue weighted by molar-refractivity contribution is 5.94. The lowest BCUT2D eigenvalue weighted by molar-refractivity contribution is -0.137. The number of amides is 1. The molecule has 0 saturated carbocycles. The molecule has 156 valence electrons. The molecule has 0 radical (unpaired) electrons. The van der Waals surface area contributed by atoms with E-state index in [2.05, 4.69) is 10.1 Å². The SMILES string of the molecule is O=C(c1cccc(F)c1)N1CCC(c2nc(-c3ccc(C(F)(F)F)cc3)no2)CC1. The fraction of sp³-hybridized carbons (Fsp3) is 0.286. The summed E-state index contributed by atoms with van der Waals surface area (Å²) in [6, 6.07) is 10.1. The highest BCUT2D eigenvalue weighted by Gasteiger charge is 2.31. The molecule has 0 unspecified atom stereocenters. The maximum absolute atomic E-state index is 13.3. The molecule has 1 aliphatic heterocycles. The smallest absolute Gasteiger partial charge is 0.339 e. The van der Waals surface area contributed by atoms with Crippen LogP contribution in [0.15, 0.2) is 53.1 Å². The predicted octanol–water partition coefficient (Wildman–Crippen LogP) is 4.91. The fourth-order valence-electron chi connectivity index (χ4n) is 3.46. The van der Waals surface area contributed by atoms with Gasteiger partial charge in [-0.1, -0.05) is 23.4 Å². The quantitative estimate of drug-likeness (QED) is 0.566. The molecule has 0 atom stereocenters. The van der Waals surface area contributed by atoms with Gasteiger partial charge in [-0.05, 0) is 43.2 Å². The number of aromatic nitrogens is 2. The van der Waals surface area contributed by atoms with Crippen LogP contribution in [0, 0.1) is 5.82 Å². The summed E-state index contributed by atoms with van der Waals surface area (Å²) >= 11 is 0. The highest BCUT2D eigenvalue weighted by Crippen LogP contribution is 2.32. The molecule has 1 aromatic heterocycles. The minimum atomic E-state index is -4.40. The first-order valence-corrected chi connectivity index (χ1v) is 9.37. The Hall–Kier alpha value is -3.23. The van der Waals surface area contributed by atoms with Crippen molar-refractivity contribution in [1.29, 1.82) is 0 Å². The molecule has 5 nitrogen and oxygen atoms in total. The van der Waals surface area contributed by atoms with Gasteiger partial charge in [0.2, 0.25) is 11.7 Å². The van der Waals surface area contributed by atoms with E-state index in [1.165, 1.54) is 30.3 Å². The van der Waals surface area contributed by atoms with Crippen LogP contribution in [0.25, 0.3) is 11.4 Å². The third-order valence-electron chi connectivity index (χ3n) is 5.12. The van der Waals surface area contributed by atoms with Gasteiger partial charge in [0.05, 0.1) is 5.56 Å². The molecule has 30 heavy (non-hydrogen) atoms. The monoisotopic (exact) mass is 419 g/mol. The minimum Gasteiger partial charge on any atom is -0.339 e. The van der Waals surface area contributed by atoms with Gasteiger partial charge in [0.25, 0.3) is 5.91 Å². The molecule has 2 heterocycles. The van der Waals surface area contributed by atoms with Gasteiger partial charge in [-0.25, -0.2) is 4.39 Å². The molecule has 4 rings (SSSR count). The van der Waals surface area contributed by atoms with Crippen LogP contribution in [0.5, 0.6) is 0 Å². The van der Waals surface area contributed by atoms with Gasteiger partial charge in [0, 0.05) is 30.1 Å². The first-order valence-electron chi connectivity index (χ1n) is 9.37. The molecule has 1 fully saturated rings. The molecule has 2 aromatic carbocycles. The first kappa shape index (κ1) is 20.1. The van der Waals surface area contributed by atoms with Crippen molar-refractivity contribution in [2.45, 2.75) is 24.9 Å². The lowest BCUT2D eigenvalue weighted by Crippen LogP contribution is -2.38. The Morgan fingerprint density at radius 2 is 1.77 bits per heavy atom. The summed E-state index contributed by atoms with van der Waals surface area (Å²) in [6.07, 6.45) is -3.22. The highest BCUT2D eigenvalue weighted by atomic mass is 19.4. The zero-order valence-corrected chi connectivity index (χ0v) is 15.7. The number of alkyl halides is 3. The van der Waals surface area contributed by atoms with E-state index in [1.54, 1.807) is 11.0 Å². The van der Waals surface area contributed by atoms with Gasteiger partial charge in [-0.15, -0.1) is 0 Å². The number of hydrogen-bond donors (Lipinski definition) is 0. The molecule has 1 saturated heterocycles. The van der Waals surface area contributed by atoms with Crippen molar-refractivity contribution >= 4 is 5.91 Å². The third-order valence-corrected chi connectivity index (χ3v) is 5.12. The topological polar surface area (TPSA) is 59.2 Å². The second-order valence-corrected chi connectivity index (χ2v) is 7.11. The van der Waals surface area contributed by atoms with E-state index in [1.807, 2.05) is 0 Å². The van der Waals surface area contributed by atoms with Crippen molar-refractivity contribution in [2.75, 3.05) is 13.1 Å². The Morgan fingerprint density at radius 3 is 2.40 bits per heavy atom. The number of carbonyl (C=O) groups excluding carboxylic acids is 1. The maximum atomic E-state index is 13.3. The summed E-state index contributed by atoms with van der Waals surface area (Å²) in [5, 5.41) is 3.88. The standard InChI is InChI=1S/C21H17F4N3O2/c22-17-3-1-2-15(12-17)20(29)28-10-8-14(9-11-28)19-26-18(27-30-19)13-4-6-16(7-5-13)21(23,24)25/h1-7,12,14H,8-11H2. The van der Waals surface area contributed by atoms with Gasteiger partial charge >= 0.3 is 6.18 Å². The van der Waals surface area contributed by atoms with Crippen molar-refractivity contribution in [2.24, 2.45) is 0 Å². The second-order valence-electron chi connectivity index (χ2n) is 7.11. The summed E-state index contributed by atoms with van der Waals surface area (Å²) in [7, 11) is 0. The first-order chi connectivity index (χ1) is 14.3. The zero-order chi connectivity index (χ0) is 21.3. The average Bonchev–Trinajstić information content (AvgIpc) is 3.23. The molecule has 0 bridgehead atoms. The number of rotatable bonds is 3. The molecular formula is C21H17F4N3O2. The summed E-state index contributed by atoms with van der Waals surface area (Å²) in [5.41, 5.74) is -0.0159. The Kier molecular flexibility index (Phi) is 5.27. The lowest BCUT2D eigenvalue weighted by atomic mass is 9.96. The minimum absolute atomic E-state index is 0.0581. The molecule has 1 amide bonds. The Morgan fingerprint density at radius 1 is 1.07 bits per heavy atom. The number of nitrogens with zero attached hydrogens (tertiary/aromatic N) is 3. The van der Waals surface area contributed by atoms with Crippen molar-refractivity contribution < 1.29 is 26.9 Å². The largest absolute Gasteiger partial charge is 0.416 e. The number of likely N-dealkylation sites (tertiary alicyclic amines) is 1. The predicted molar refractivity (Wildman–Crippen MR) is 99.0 cm³/mol. The van der Waals surface area contributed by atoms with Crippen LogP contribution in [0.4, 0.5) is 17.6 Å². The van der Waals surface area contributed by atoms with Crippen LogP contribution in [0.1, 0.15) is 40.6 Å². The number of piperidine rings is 1. The van der Waals surface area contributed by atoms with E-state index in [0.29, 0.717) is 42.9 Å². The maximum Gasteiger partial charge on any atom is 0.416 e. The van der Waals surface area contributed by atoms with E-state index in [9.17, 15) is 22.4 Å². The van der Waals surface area contributed by atoms with Crippen molar-refractivity contribution in [1.82, 2.24) is 15.0 Å². The van der Waals surface area contributed by atoms with Crippen LogP contribution in [-0.4, -0.2) is 34.0 Å². The van der Waals surface area contributed by atoms with Crippen LogP contribution in [0.3, 0.4) is 0 Å². The van der Waals surface area contributed by atoms with Crippen LogP contribution >= 0.6 is 0 Å². The molecule has 1 aliphatic rings. The van der Waals surface area contributed by atoms with E-state index in [0.717, 1.165) is 12.1 Å². The summed E-state index contributed by atoms with van der Waals surface area (Å²) in [5.74, 6) is -0.140. The van der Waals surface area contributed by atoms with Gasteiger partial charge in [-0.2, -0.15) is 18.2 Å². The molecule has 0 spiro atoms.